The van der Waals surface area contributed by atoms with Gasteiger partial charge < -0.3 is 37.0 Å². The standard InChI is InChI=1S/C5H9NO4.CH4N2O.2Na/c6-3(5(9)10)1-2-4(7)8;2-1(3)4;;/h3H,1-2,6H2,(H,7,8)(H,9,10);(H4,2,3,4);;/q;;2*+1/p-2/t3-;;;/m0.../s1. The molecule has 0 rings (SSSR count). The van der Waals surface area contributed by atoms with Gasteiger partial charge in [0.05, 0.1) is 5.97 Å². The fourth-order valence-electron chi connectivity index (χ4n) is 0.391. The molecule has 2 amide bonds. The van der Waals surface area contributed by atoms with E-state index in [1.165, 1.54) is 0 Å². The summed E-state index contributed by atoms with van der Waals surface area (Å²) < 4.78 is 0. The van der Waals surface area contributed by atoms with Gasteiger partial charge in [-0.15, -0.1) is 0 Å². The van der Waals surface area contributed by atoms with Gasteiger partial charge in [0.15, 0.2) is 0 Å². The molecular formula is C6H11N3Na2O5. The molecule has 0 aromatic heterocycles. The zero-order valence-corrected chi connectivity index (χ0v) is 13.3. The monoisotopic (exact) mass is 251 g/mol. The molecule has 0 radical (unpaired) electrons. The molecule has 82 valence electrons. The second-order valence-electron chi connectivity index (χ2n) is 2.24. The summed E-state index contributed by atoms with van der Waals surface area (Å²) in [5.41, 5.74) is 13.4. The molecule has 6 N–H and O–H groups in total. The molecule has 8 nitrogen and oxygen atoms in total. The second kappa shape index (κ2) is 15.2. The fraction of sp³-hybridized carbons (Fsp3) is 0.500. The first-order valence-corrected chi connectivity index (χ1v) is 3.48. The summed E-state index contributed by atoms with van der Waals surface area (Å²) in [5.74, 6) is -2.75. The van der Waals surface area contributed by atoms with Crippen molar-refractivity contribution in [2.75, 3.05) is 0 Å². The number of carbonyl (C=O) groups excluding carboxylic acids is 3. The van der Waals surface area contributed by atoms with Crippen molar-refractivity contribution in [3.63, 3.8) is 0 Å². The Morgan fingerprint density at radius 3 is 1.56 bits per heavy atom. The molecule has 0 fully saturated rings. The van der Waals surface area contributed by atoms with Crippen molar-refractivity contribution in [3.05, 3.63) is 0 Å². The van der Waals surface area contributed by atoms with Gasteiger partial charge in [0.25, 0.3) is 0 Å². The average Bonchev–Trinajstić information content (AvgIpc) is 1.98. The molecule has 0 aliphatic carbocycles. The molecule has 0 bridgehead atoms. The van der Waals surface area contributed by atoms with Gasteiger partial charge in [-0.25, -0.2) is 4.79 Å². The average molecular weight is 251 g/mol. The van der Waals surface area contributed by atoms with Crippen LogP contribution in [-0.4, -0.2) is 24.0 Å². The summed E-state index contributed by atoms with van der Waals surface area (Å²) in [7, 11) is 0. The number of hydrogen-bond acceptors (Lipinski definition) is 6. The number of primary amides is 2. The molecule has 0 heterocycles. The molecule has 0 aromatic carbocycles. The predicted octanol–water partition coefficient (Wildman–Crippen LogP) is -10.4. The van der Waals surface area contributed by atoms with Crippen molar-refractivity contribution in [2.45, 2.75) is 18.9 Å². The Balaban J connectivity index is -0.000000105. The third-order valence-corrected chi connectivity index (χ3v) is 0.962. The first-order valence-electron chi connectivity index (χ1n) is 3.48. The Kier molecular flexibility index (Phi) is 23.8. The van der Waals surface area contributed by atoms with Crippen molar-refractivity contribution in [1.29, 1.82) is 0 Å². The van der Waals surface area contributed by atoms with Crippen molar-refractivity contribution >= 4 is 18.0 Å². The van der Waals surface area contributed by atoms with E-state index in [1.807, 2.05) is 0 Å². The molecule has 0 aromatic rings. The Hall–Kier alpha value is 0.170. The predicted molar refractivity (Wildman–Crippen MR) is 41.0 cm³/mol. The van der Waals surface area contributed by atoms with E-state index < -0.39 is 24.0 Å². The van der Waals surface area contributed by atoms with Gasteiger partial charge in [-0.2, -0.15) is 0 Å². The van der Waals surface area contributed by atoms with Crippen LogP contribution in [0.3, 0.4) is 0 Å². The van der Waals surface area contributed by atoms with Crippen LogP contribution in [-0.2, 0) is 9.59 Å². The van der Waals surface area contributed by atoms with Crippen molar-refractivity contribution in [2.24, 2.45) is 17.2 Å². The Morgan fingerprint density at radius 2 is 1.38 bits per heavy atom. The molecule has 0 aliphatic heterocycles. The maximum absolute atomic E-state index is 9.86. The van der Waals surface area contributed by atoms with Crippen molar-refractivity contribution in [3.8, 4) is 0 Å². The molecule has 10 heteroatoms. The molecule has 0 spiro atoms. The van der Waals surface area contributed by atoms with Gasteiger partial charge >= 0.3 is 65.1 Å². The van der Waals surface area contributed by atoms with E-state index in [-0.39, 0.29) is 72.0 Å². The normalized spacial score (nSPS) is 9.31. The van der Waals surface area contributed by atoms with Gasteiger partial charge in [-0.1, -0.05) is 0 Å². The van der Waals surface area contributed by atoms with E-state index in [4.69, 9.17) is 10.5 Å². The minimum absolute atomic E-state index is 0. The number of carboxylic acids is 2. The van der Waals surface area contributed by atoms with Gasteiger partial charge in [-0.3, -0.25) is 0 Å². The summed E-state index contributed by atoms with van der Waals surface area (Å²) in [6.07, 6.45) is -0.500. The number of carboxylic acid groups (broad SMARTS) is 2. The summed E-state index contributed by atoms with van der Waals surface area (Å²) in [6.45, 7) is 0. The number of aliphatic carboxylic acids is 2. The van der Waals surface area contributed by atoms with Gasteiger partial charge in [0.2, 0.25) is 0 Å². The Labute approximate surface area is 136 Å². The summed E-state index contributed by atoms with van der Waals surface area (Å²) in [4.78, 5) is 28.6. The number of rotatable bonds is 4. The van der Waals surface area contributed by atoms with E-state index in [0.717, 1.165) is 0 Å². The van der Waals surface area contributed by atoms with E-state index in [1.54, 1.807) is 0 Å². The van der Waals surface area contributed by atoms with Gasteiger partial charge in [0.1, 0.15) is 0 Å². The number of carbonyl (C=O) groups is 3. The van der Waals surface area contributed by atoms with Crippen LogP contribution in [0.5, 0.6) is 0 Å². The van der Waals surface area contributed by atoms with E-state index in [2.05, 4.69) is 11.5 Å². The molecule has 0 aliphatic rings. The second-order valence-corrected chi connectivity index (χ2v) is 2.24. The zero-order chi connectivity index (χ0) is 11.7. The number of nitrogens with two attached hydrogens (primary N) is 3. The first-order chi connectivity index (χ1) is 6.27. The Morgan fingerprint density at radius 1 is 1.06 bits per heavy atom. The smallest absolute Gasteiger partial charge is 0.550 e. The van der Waals surface area contributed by atoms with Crippen LogP contribution < -0.4 is 86.5 Å². The third kappa shape index (κ3) is 29.2. The quantitative estimate of drug-likeness (QED) is 0.418. The topological polar surface area (TPSA) is 175 Å². The van der Waals surface area contributed by atoms with Crippen LogP contribution in [0, 0.1) is 0 Å². The zero-order valence-electron chi connectivity index (χ0n) is 9.26. The molecule has 0 unspecified atom stereocenters. The Bertz CT molecular complexity index is 222. The van der Waals surface area contributed by atoms with E-state index in [0.29, 0.717) is 0 Å². The minimum atomic E-state index is -1.44. The largest absolute Gasteiger partial charge is 1.00 e. The van der Waals surface area contributed by atoms with E-state index in [9.17, 15) is 19.8 Å². The summed E-state index contributed by atoms with van der Waals surface area (Å²) >= 11 is 0. The van der Waals surface area contributed by atoms with Gasteiger partial charge in [-0.05, 0) is 12.8 Å². The summed E-state index contributed by atoms with van der Waals surface area (Å²) in [5, 5.41) is 19.6. The molecular weight excluding hydrogens is 240 g/mol. The summed E-state index contributed by atoms with van der Waals surface area (Å²) in [6, 6.07) is -2.04. The SMILES string of the molecule is NC(N)=O.N[C@@H](CCC(=O)[O-])C(=O)[O-].[Na+].[Na+]. The number of hydrogen-bond donors (Lipinski definition) is 3. The van der Waals surface area contributed by atoms with Crippen molar-refractivity contribution < 1.29 is 83.7 Å². The number of amides is 2. The third-order valence-electron chi connectivity index (χ3n) is 0.962. The fourth-order valence-corrected chi connectivity index (χ4v) is 0.391. The van der Waals surface area contributed by atoms with Crippen LogP contribution in [0.4, 0.5) is 4.79 Å². The van der Waals surface area contributed by atoms with Gasteiger partial charge in [0, 0.05) is 12.0 Å². The van der Waals surface area contributed by atoms with Crippen LogP contribution in [0.1, 0.15) is 12.8 Å². The first kappa shape index (κ1) is 25.1. The maximum Gasteiger partial charge on any atom is 1.00 e. The van der Waals surface area contributed by atoms with E-state index >= 15 is 0 Å². The molecule has 1 atom stereocenters. The number of urea groups is 1. The molecule has 16 heavy (non-hydrogen) atoms. The van der Waals surface area contributed by atoms with Crippen LogP contribution in [0.25, 0.3) is 0 Å². The van der Waals surface area contributed by atoms with Crippen LogP contribution >= 0.6 is 0 Å². The van der Waals surface area contributed by atoms with Crippen LogP contribution in [0.15, 0.2) is 0 Å². The molecule has 0 saturated heterocycles. The van der Waals surface area contributed by atoms with Crippen molar-refractivity contribution in [1.82, 2.24) is 0 Å². The van der Waals surface area contributed by atoms with Crippen LogP contribution in [0.2, 0.25) is 0 Å². The maximum atomic E-state index is 9.86. The molecule has 0 saturated carbocycles. The minimum Gasteiger partial charge on any atom is -0.550 e.